The van der Waals surface area contributed by atoms with Crippen molar-refractivity contribution in [3.63, 3.8) is 0 Å². The van der Waals surface area contributed by atoms with Crippen LogP contribution < -0.4 is 0 Å². The molecular weight excluding hydrogens is 184 g/mol. The predicted molar refractivity (Wildman–Crippen MR) is 61.5 cm³/mol. The molecule has 2 heterocycles. The van der Waals surface area contributed by atoms with Crippen LogP contribution in [-0.4, -0.2) is 9.97 Å². The molecule has 2 heteroatoms. The maximum atomic E-state index is 4.42. The number of pyridine rings is 1. The molecule has 0 saturated carbocycles. The number of nitrogens with zero attached hydrogens (tertiary/aromatic N) is 1. The average molecular weight is 194 g/mol. The van der Waals surface area contributed by atoms with Gasteiger partial charge in [-0.05, 0) is 12.1 Å². The molecule has 2 aromatic heterocycles. The molecule has 0 aliphatic rings. The quantitative estimate of drug-likeness (QED) is 0.633. The van der Waals surface area contributed by atoms with E-state index in [2.05, 4.69) is 28.2 Å². The third-order valence-electron chi connectivity index (χ3n) is 2.52. The van der Waals surface area contributed by atoms with E-state index in [-0.39, 0.29) is 0 Å². The van der Waals surface area contributed by atoms with Gasteiger partial charge in [0.25, 0.3) is 0 Å². The fourth-order valence-corrected chi connectivity index (χ4v) is 1.80. The fraction of sp³-hybridized carbons (Fsp3) is 0. The Morgan fingerprint density at radius 2 is 1.80 bits per heavy atom. The first-order chi connectivity index (χ1) is 7.45. The van der Waals surface area contributed by atoms with Crippen molar-refractivity contribution >= 4 is 10.9 Å². The molecule has 15 heavy (non-hydrogen) atoms. The molecule has 3 aromatic rings. The summed E-state index contributed by atoms with van der Waals surface area (Å²) in [5.41, 5.74) is 3.26. The van der Waals surface area contributed by atoms with E-state index in [1.807, 2.05) is 36.7 Å². The standard InChI is InChI=1S/C13H10N2/c1-2-4-10(5-3-1)12-13-11(6-8-14-12)7-9-15-13/h1-9,15H. The number of H-pyrrole nitrogens is 1. The Morgan fingerprint density at radius 3 is 2.67 bits per heavy atom. The van der Waals surface area contributed by atoms with E-state index in [0.717, 1.165) is 16.8 Å². The van der Waals surface area contributed by atoms with Crippen LogP contribution in [0.3, 0.4) is 0 Å². The summed E-state index contributed by atoms with van der Waals surface area (Å²) in [7, 11) is 0. The SMILES string of the molecule is c1ccc(-c2nccc3cc[nH]c23)cc1. The number of nitrogens with one attached hydrogen (secondary N) is 1. The lowest BCUT2D eigenvalue weighted by atomic mass is 10.1. The number of benzene rings is 1. The Bertz CT molecular complexity index is 582. The average Bonchev–Trinajstić information content (AvgIpc) is 2.78. The van der Waals surface area contributed by atoms with Gasteiger partial charge in [0.15, 0.2) is 0 Å². The summed E-state index contributed by atoms with van der Waals surface area (Å²) >= 11 is 0. The predicted octanol–water partition coefficient (Wildman–Crippen LogP) is 3.23. The van der Waals surface area contributed by atoms with E-state index in [0.29, 0.717) is 0 Å². The van der Waals surface area contributed by atoms with Crippen molar-refractivity contribution in [2.75, 3.05) is 0 Å². The zero-order chi connectivity index (χ0) is 10.1. The number of aromatic amines is 1. The van der Waals surface area contributed by atoms with Crippen molar-refractivity contribution in [2.24, 2.45) is 0 Å². The molecule has 0 aliphatic carbocycles. The van der Waals surface area contributed by atoms with E-state index in [4.69, 9.17) is 0 Å². The van der Waals surface area contributed by atoms with Crippen LogP contribution in [0, 0.1) is 0 Å². The zero-order valence-corrected chi connectivity index (χ0v) is 8.14. The normalized spacial score (nSPS) is 10.7. The van der Waals surface area contributed by atoms with Crippen molar-refractivity contribution < 1.29 is 0 Å². The first-order valence-corrected chi connectivity index (χ1v) is 4.93. The highest BCUT2D eigenvalue weighted by molar-refractivity contribution is 5.91. The second-order valence-electron chi connectivity index (χ2n) is 3.47. The molecule has 2 nitrogen and oxygen atoms in total. The number of hydrogen-bond donors (Lipinski definition) is 1. The highest BCUT2D eigenvalue weighted by Crippen LogP contribution is 2.24. The highest BCUT2D eigenvalue weighted by Gasteiger charge is 2.04. The van der Waals surface area contributed by atoms with E-state index in [9.17, 15) is 0 Å². The summed E-state index contributed by atoms with van der Waals surface area (Å²) in [5.74, 6) is 0. The van der Waals surface area contributed by atoms with Crippen LogP contribution in [0.2, 0.25) is 0 Å². The molecule has 0 atom stereocenters. The van der Waals surface area contributed by atoms with E-state index < -0.39 is 0 Å². The Morgan fingerprint density at radius 1 is 0.933 bits per heavy atom. The molecule has 0 radical (unpaired) electrons. The van der Waals surface area contributed by atoms with Crippen LogP contribution >= 0.6 is 0 Å². The zero-order valence-electron chi connectivity index (χ0n) is 8.14. The molecular formula is C13H10N2. The Labute approximate surface area is 87.6 Å². The summed E-state index contributed by atoms with van der Waals surface area (Å²) in [6, 6.07) is 14.3. The molecule has 1 aromatic carbocycles. The van der Waals surface area contributed by atoms with Crippen molar-refractivity contribution in [2.45, 2.75) is 0 Å². The molecule has 1 N–H and O–H groups in total. The molecule has 0 amide bonds. The van der Waals surface area contributed by atoms with Crippen LogP contribution in [-0.2, 0) is 0 Å². The van der Waals surface area contributed by atoms with Gasteiger partial charge in [-0.25, -0.2) is 0 Å². The van der Waals surface area contributed by atoms with Crippen molar-refractivity contribution in [3.8, 4) is 11.3 Å². The molecule has 3 rings (SSSR count). The summed E-state index contributed by atoms with van der Waals surface area (Å²) in [4.78, 5) is 7.64. The van der Waals surface area contributed by atoms with Gasteiger partial charge in [-0.15, -0.1) is 0 Å². The second kappa shape index (κ2) is 3.24. The van der Waals surface area contributed by atoms with Crippen LogP contribution in [0.25, 0.3) is 22.2 Å². The minimum Gasteiger partial charge on any atom is -0.359 e. The number of aromatic nitrogens is 2. The summed E-state index contributed by atoms with van der Waals surface area (Å²) in [6.45, 7) is 0. The number of fused-ring (bicyclic) bond motifs is 1. The summed E-state index contributed by atoms with van der Waals surface area (Å²) < 4.78 is 0. The molecule has 72 valence electrons. The maximum absolute atomic E-state index is 4.42. The third-order valence-corrected chi connectivity index (χ3v) is 2.52. The van der Waals surface area contributed by atoms with Gasteiger partial charge in [-0.3, -0.25) is 4.98 Å². The number of rotatable bonds is 1. The van der Waals surface area contributed by atoms with Gasteiger partial charge in [0.2, 0.25) is 0 Å². The van der Waals surface area contributed by atoms with Crippen LogP contribution in [0.15, 0.2) is 54.9 Å². The first-order valence-electron chi connectivity index (χ1n) is 4.93. The van der Waals surface area contributed by atoms with Gasteiger partial charge in [0, 0.05) is 23.3 Å². The minimum absolute atomic E-state index is 1.01. The first kappa shape index (κ1) is 8.24. The molecule has 0 spiro atoms. The van der Waals surface area contributed by atoms with Gasteiger partial charge in [-0.1, -0.05) is 30.3 Å². The van der Waals surface area contributed by atoms with Crippen molar-refractivity contribution in [3.05, 3.63) is 54.9 Å². The largest absolute Gasteiger partial charge is 0.359 e. The molecule has 0 bridgehead atoms. The lowest BCUT2D eigenvalue weighted by molar-refractivity contribution is 1.33. The lowest BCUT2D eigenvalue weighted by Gasteiger charge is -2.01. The minimum atomic E-state index is 1.01. The van der Waals surface area contributed by atoms with Gasteiger partial charge >= 0.3 is 0 Å². The monoisotopic (exact) mass is 194 g/mol. The highest BCUT2D eigenvalue weighted by atomic mass is 14.8. The van der Waals surface area contributed by atoms with E-state index in [1.165, 1.54) is 5.39 Å². The van der Waals surface area contributed by atoms with Gasteiger partial charge < -0.3 is 4.98 Å². The van der Waals surface area contributed by atoms with Crippen LogP contribution in [0.5, 0.6) is 0 Å². The third kappa shape index (κ3) is 1.31. The number of hydrogen-bond acceptors (Lipinski definition) is 1. The van der Waals surface area contributed by atoms with Crippen molar-refractivity contribution in [1.29, 1.82) is 0 Å². The van der Waals surface area contributed by atoms with Gasteiger partial charge in [0.05, 0.1) is 11.2 Å². The molecule has 0 saturated heterocycles. The second-order valence-corrected chi connectivity index (χ2v) is 3.47. The Hall–Kier alpha value is -2.09. The maximum Gasteiger partial charge on any atom is 0.0942 e. The van der Waals surface area contributed by atoms with E-state index in [1.54, 1.807) is 0 Å². The summed E-state index contributed by atoms with van der Waals surface area (Å²) in [5, 5.41) is 1.20. The van der Waals surface area contributed by atoms with Crippen molar-refractivity contribution in [1.82, 2.24) is 9.97 Å². The van der Waals surface area contributed by atoms with Crippen LogP contribution in [0.4, 0.5) is 0 Å². The van der Waals surface area contributed by atoms with Crippen LogP contribution in [0.1, 0.15) is 0 Å². The Balaban J connectivity index is 2.31. The topological polar surface area (TPSA) is 28.7 Å². The van der Waals surface area contributed by atoms with E-state index >= 15 is 0 Å². The molecule has 0 unspecified atom stereocenters. The van der Waals surface area contributed by atoms with Gasteiger partial charge in [0.1, 0.15) is 0 Å². The smallest absolute Gasteiger partial charge is 0.0942 e. The molecule has 0 aliphatic heterocycles. The fourth-order valence-electron chi connectivity index (χ4n) is 1.80. The summed E-state index contributed by atoms with van der Waals surface area (Å²) in [6.07, 6.45) is 3.79. The molecule has 0 fully saturated rings. The lowest BCUT2D eigenvalue weighted by Crippen LogP contribution is -1.84. The Kier molecular flexibility index (Phi) is 1.78. The van der Waals surface area contributed by atoms with Gasteiger partial charge in [-0.2, -0.15) is 0 Å².